The van der Waals surface area contributed by atoms with Gasteiger partial charge in [-0.15, -0.1) is 22.7 Å². The third-order valence-electron chi connectivity index (χ3n) is 6.32. The van der Waals surface area contributed by atoms with Gasteiger partial charge >= 0.3 is 0 Å². The van der Waals surface area contributed by atoms with E-state index in [0.29, 0.717) is 11.6 Å². The molecule has 4 aromatic rings. The Hall–Kier alpha value is -2.54. The summed E-state index contributed by atoms with van der Waals surface area (Å²) in [6, 6.07) is 14.6. The van der Waals surface area contributed by atoms with E-state index in [2.05, 4.69) is 49.2 Å². The molecule has 32 heavy (non-hydrogen) atoms. The van der Waals surface area contributed by atoms with E-state index >= 15 is 0 Å². The van der Waals surface area contributed by atoms with E-state index in [-0.39, 0.29) is 5.91 Å². The molecule has 164 valence electrons. The van der Waals surface area contributed by atoms with Crippen molar-refractivity contribution < 1.29 is 4.79 Å². The molecular formula is C26H27N3OS2. The predicted octanol–water partition coefficient (Wildman–Crippen LogP) is 6.66. The molecular weight excluding hydrogens is 434 g/mol. The smallest absolute Gasteiger partial charge is 0.256 e. The number of fused-ring (bicyclic) bond motifs is 2. The highest BCUT2D eigenvalue weighted by Gasteiger charge is 2.28. The molecule has 0 aliphatic carbocycles. The first-order chi connectivity index (χ1) is 15.4. The minimum Gasteiger partial charge on any atom is -0.313 e. The summed E-state index contributed by atoms with van der Waals surface area (Å²) in [6.45, 7) is 10.6. The number of aromatic nitrogens is 1. The summed E-state index contributed by atoms with van der Waals surface area (Å²) in [7, 11) is 0. The average molecular weight is 462 g/mol. The minimum absolute atomic E-state index is 0.0604. The zero-order chi connectivity index (χ0) is 22.4. The summed E-state index contributed by atoms with van der Waals surface area (Å²) in [5.41, 5.74) is 6.49. The maximum absolute atomic E-state index is 13.2. The summed E-state index contributed by atoms with van der Waals surface area (Å²) in [4.78, 5) is 22.0. The van der Waals surface area contributed by atoms with Crippen molar-refractivity contribution >= 4 is 43.8 Å². The quantitative estimate of drug-likeness (QED) is 0.370. The van der Waals surface area contributed by atoms with Crippen LogP contribution in [0.4, 0.5) is 5.00 Å². The Labute approximate surface area is 196 Å². The lowest BCUT2D eigenvalue weighted by atomic mass is 10.0. The molecule has 0 radical (unpaired) electrons. The Morgan fingerprint density at radius 2 is 1.91 bits per heavy atom. The van der Waals surface area contributed by atoms with Gasteiger partial charge in [0.05, 0.1) is 10.2 Å². The van der Waals surface area contributed by atoms with Gasteiger partial charge in [0.1, 0.15) is 10.0 Å². The van der Waals surface area contributed by atoms with Crippen LogP contribution in [-0.4, -0.2) is 28.4 Å². The minimum atomic E-state index is -0.0604. The summed E-state index contributed by atoms with van der Waals surface area (Å²) in [6.07, 6.45) is 0.981. The Morgan fingerprint density at radius 1 is 1.09 bits per heavy atom. The third kappa shape index (κ3) is 3.87. The number of rotatable bonds is 4. The number of hydrogen-bond acceptors (Lipinski definition) is 5. The summed E-state index contributed by atoms with van der Waals surface area (Å²) in [5, 5.41) is 5.16. The molecule has 0 bridgehead atoms. The van der Waals surface area contributed by atoms with Crippen LogP contribution in [0.1, 0.15) is 45.8 Å². The molecule has 1 aliphatic rings. The number of aryl methyl sites for hydroxylation is 2. The number of nitrogens with one attached hydrogen (secondary N) is 1. The maximum Gasteiger partial charge on any atom is 0.256 e. The van der Waals surface area contributed by atoms with Gasteiger partial charge in [0.25, 0.3) is 5.91 Å². The lowest BCUT2D eigenvalue weighted by molar-refractivity contribution is 0.102. The van der Waals surface area contributed by atoms with Crippen molar-refractivity contribution in [1.29, 1.82) is 0 Å². The fourth-order valence-electron chi connectivity index (χ4n) is 4.22. The van der Waals surface area contributed by atoms with Crippen molar-refractivity contribution in [3.63, 3.8) is 0 Å². The number of amides is 1. The molecule has 0 unspecified atom stereocenters. The van der Waals surface area contributed by atoms with Crippen molar-refractivity contribution in [3.05, 3.63) is 69.6 Å². The van der Waals surface area contributed by atoms with Crippen molar-refractivity contribution in [2.24, 2.45) is 0 Å². The highest BCUT2D eigenvalue weighted by molar-refractivity contribution is 7.23. The molecule has 6 heteroatoms. The van der Waals surface area contributed by atoms with Crippen molar-refractivity contribution in [1.82, 2.24) is 9.88 Å². The van der Waals surface area contributed by atoms with E-state index in [4.69, 9.17) is 4.98 Å². The van der Waals surface area contributed by atoms with Gasteiger partial charge in [0.2, 0.25) is 0 Å². The Balaban J connectivity index is 1.58. The SMILES string of the molecule is Cc1ccc(C(=O)Nc2sc3c(c2-c2nc4ccccc4s2)CCN(C(C)C)C3)cc1C. The molecule has 0 atom stereocenters. The van der Waals surface area contributed by atoms with Gasteiger partial charge in [-0.3, -0.25) is 9.69 Å². The van der Waals surface area contributed by atoms with Crippen LogP contribution in [0.2, 0.25) is 0 Å². The molecule has 1 N–H and O–H groups in total. The molecule has 3 heterocycles. The lowest BCUT2D eigenvalue weighted by Crippen LogP contribution is -2.35. The number of thiophene rings is 1. The van der Waals surface area contributed by atoms with E-state index in [1.807, 2.05) is 31.2 Å². The summed E-state index contributed by atoms with van der Waals surface area (Å²) < 4.78 is 1.17. The van der Waals surface area contributed by atoms with E-state index in [0.717, 1.165) is 46.2 Å². The van der Waals surface area contributed by atoms with Gasteiger partial charge in [0, 0.05) is 35.1 Å². The van der Waals surface area contributed by atoms with Crippen LogP contribution in [0.5, 0.6) is 0 Å². The molecule has 2 aromatic carbocycles. The van der Waals surface area contributed by atoms with Crippen LogP contribution < -0.4 is 5.32 Å². The number of para-hydroxylation sites is 1. The van der Waals surface area contributed by atoms with Crippen molar-refractivity contribution in [2.75, 3.05) is 11.9 Å². The maximum atomic E-state index is 13.2. The number of nitrogens with zero attached hydrogens (tertiary/aromatic N) is 2. The van der Waals surface area contributed by atoms with Gasteiger partial charge in [-0.1, -0.05) is 18.2 Å². The van der Waals surface area contributed by atoms with Gasteiger partial charge in [0.15, 0.2) is 0 Å². The van der Waals surface area contributed by atoms with Gasteiger partial charge in [-0.25, -0.2) is 4.98 Å². The van der Waals surface area contributed by atoms with Crippen molar-refractivity contribution in [3.8, 4) is 10.6 Å². The zero-order valence-corrected chi connectivity index (χ0v) is 20.5. The Morgan fingerprint density at radius 3 is 2.66 bits per heavy atom. The van der Waals surface area contributed by atoms with Gasteiger partial charge < -0.3 is 5.32 Å². The molecule has 5 rings (SSSR count). The summed E-state index contributed by atoms with van der Waals surface area (Å²) >= 11 is 3.42. The number of benzene rings is 2. The van der Waals surface area contributed by atoms with Gasteiger partial charge in [-0.2, -0.15) is 0 Å². The molecule has 0 fully saturated rings. The fraction of sp³-hybridized carbons (Fsp3) is 0.308. The first-order valence-corrected chi connectivity index (χ1v) is 12.7. The highest BCUT2D eigenvalue weighted by Crippen LogP contribution is 2.46. The normalized spacial score (nSPS) is 14.2. The van der Waals surface area contributed by atoms with Crippen molar-refractivity contribution in [2.45, 2.75) is 46.7 Å². The lowest BCUT2D eigenvalue weighted by Gasteiger charge is -2.30. The second kappa shape index (κ2) is 8.43. The van der Waals surface area contributed by atoms with E-state index in [1.54, 1.807) is 22.7 Å². The first-order valence-electron chi connectivity index (χ1n) is 11.0. The standard InChI is InChI=1S/C26H27N3OS2/c1-15(2)29-12-11-19-22(14-29)32-26(28-24(30)18-10-9-16(3)17(4)13-18)23(19)25-27-20-7-5-6-8-21(20)31-25/h5-10,13,15H,11-12,14H2,1-4H3,(H,28,30). The molecule has 0 saturated heterocycles. The largest absolute Gasteiger partial charge is 0.313 e. The third-order valence-corrected chi connectivity index (χ3v) is 8.51. The zero-order valence-electron chi connectivity index (χ0n) is 18.9. The second-order valence-electron chi connectivity index (χ2n) is 8.76. The number of hydrogen-bond donors (Lipinski definition) is 1. The topological polar surface area (TPSA) is 45.2 Å². The fourth-order valence-corrected chi connectivity index (χ4v) is 6.59. The molecule has 0 spiro atoms. The van der Waals surface area contributed by atoms with Gasteiger partial charge in [-0.05, 0) is 75.1 Å². The van der Waals surface area contributed by atoms with Crippen LogP contribution in [0, 0.1) is 13.8 Å². The van der Waals surface area contributed by atoms with Crippen LogP contribution in [0.3, 0.4) is 0 Å². The average Bonchev–Trinajstić information content (AvgIpc) is 3.35. The highest BCUT2D eigenvalue weighted by atomic mass is 32.1. The van der Waals surface area contributed by atoms with Crippen LogP contribution >= 0.6 is 22.7 Å². The van der Waals surface area contributed by atoms with E-state index in [9.17, 15) is 4.79 Å². The monoisotopic (exact) mass is 461 g/mol. The van der Waals surface area contributed by atoms with Crippen LogP contribution in [0.25, 0.3) is 20.8 Å². The molecule has 0 saturated carbocycles. The number of anilines is 1. The molecule has 1 aliphatic heterocycles. The number of carbonyl (C=O) groups excluding carboxylic acids is 1. The predicted molar refractivity (Wildman–Crippen MR) is 136 cm³/mol. The summed E-state index contributed by atoms with van der Waals surface area (Å²) in [5.74, 6) is -0.0604. The first kappa shape index (κ1) is 21.3. The molecule has 1 amide bonds. The number of thiazole rings is 1. The van der Waals surface area contributed by atoms with E-state index in [1.165, 1.54) is 20.7 Å². The number of carbonyl (C=O) groups is 1. The second-order valence-corrected chi connectivity index (χ2v) is 10.9. The molecule has 4 nitrogen and oxygen atoms in total. The van der Waals surface area contributed by atoms with Crippen LogP contribution in [0.15, 0.2) is 42.5 Å². The van der Waals surface area contributed by atoms with E-state index < -0.39 is 0 Å². The molecule has 2 aromatic heterocycles. The Bertz CT molecular complexity index is 1290. The Kier molecular flexibility index (Phi) is 5.61. The van der Waals surface area contributed by atoms with Crippen LogP contribution in [-0.2, 0) is 13.0 Å².